The SMILES string of the molecule is Cc1nc(NC(=O)c2ccc3c(c2)CC(c2ccccc2)OC3=O)sc1Cc1cccc([N+](=O)[O-])c1. The lowest BCUT2D eigenvalue weighted by molar-refractivity contribution is -0.384. The van der Waals surface area contributed by atoms with Crippen LogP contribution in [0, 0.1) is 17.0 Å². The second kappa shape index (κ2) is 9.71. The number of ether oxygens (including phenoxy) is 1. The zero-order chi connectivity index (χ0) is 25.2. The highest BCUT2D eigenvalue weighted by atomic mass is 32.1. The number of cyclic esters (lactones) is 1. The molecule has 2 heterocycles. The van der Waals surface area contributed by atoms with Gasteiger partial charge in [0.1, 0.15) is 6.10 Å². The number of nitro groups is 1. The summed E-state index contributed by atoms with van der Waals surface area (Å²) in [6.45, 7) is 1.84. The fraction of sp³-hybridized carbons (Fsp3) is 0.148. The Morgan fingerprint density at radius 3 is 2.72 bits per heavy atom. The number of carbonyl (C=O) groups is 2. The monoisotopic (exact) mass is 499 g/mol. The second-order valence-corrected chi connectivity index (χ2v) is 9.55. The first-order chi connectivity index (χ1) is 17.4. The van der Waals surface area contributed by atoms with Crippen LogP contribution >= 0.6 is 11.3 Å². The van der Waals surface area contributed by atoms with Crippen molar-refractivity contribution in [2.45, 2.75) is 25.9 Å². The van der Waals surface area contributed by atoms with Crippen molar-refractivity contribution in [1.82, 2.24) is 4.98 Å². The Morgan fingerprint density at radius 2 is 1.94 bits per heavy atom. The Bertz CT molecular complexity index is 1480. The van der Waals surface area contributed by atoms with E-state index in [1.54, 1.807) is 24.3 Å². The number of hydrogen-bond acceptors (Lipinski definition) is 7. The van der Waals surface area contributed by atoms with Gasteiger partial charge in [-0.25, -0.2) is 9.78 Å². The summed E-state index contributed by atoms with van der Waals surface area (Å²) in [4.78, 5) is 41.5. The summed E-state index contributed by atoms with van der Waals surface area (Å²) >= 11 is 1.33. The molecule has 0 radical (unpaired) electrons. The molecule has 0 saturated carbocycles. The number of carbonyl (C=O) groups excluding carboxylic acids is 2. The normalized spacial score (nSPS) is 14.6. The summed E-state index contributed by atoms with van der Waals surface area (Å²) in [5, 5.41) is 14.3. The minimum Gasteiger partial charge on any atom is -0.454 e. The van der Waals surface area contributed by atoms with E-state index in [0.717, 1.165) is 27.3 Å². The maximum atomic E-state index is 13.0. The first-order valence-electron chi connectivity index (χ1n) is 11.3. The highest BCUT2D eigenvalue weighted by Crippen LogP contribution is 2.32. The van der Waals surface area contributed by atoms with Gasteiger partial charge in [0.25, 0.3) is 11.6 Å². The highest BCUT2D eigenvalue weighted by Gasteiger charge is 2.28. The van der Waals surface area contributed by atoms with Crippen molar-refractivity contribution in [3.05, 3.63) is 121 Å². The molecule has 0 aliphatic carbocycles. The van der Waals surface area contributed by atoms with Crippen molar-refractivity contribution < 1.29 is 19.2 Å². The van der Waals surface area contributed by atoms with Gasteiger partial charge in [0.05, 0.1) is 16.2 Å². The number of hydrogen-bond donors (Lipinski definition) is 1. The van der Waals surface area contributed by atoms with E-state index in [1.165, 1.54) is 23.5 Å². The van der Waals surface area contributed by atoms with Crippen LogP contribution in [-0.2, 0) is 17.6 Å². The number of nitrogens with one attached hydrogen (secondary N) is 1. The van der Waals surface area contributed by atoms with Crippen molar-refractivity contribution in [3.63, 3.8) is 0 Å². The summed E-state index contributed by atoms with van der Waals surface area (Å²) in [5.74, 6) is -0.734. The fourth-order valence-electron chi connectivity index (χ4n) is 4.17. The number of nitro benzene ring substituents is 1. The molecule has 1 amide bonds. The number of amides is 1. The van der Waals surface area contributed by atoms with E-state index in [9.17, 15) is 19.7 Å². The predicted octanol–water partition coefficient (Wildman–Crippen LogP) is 5.66. The lowest BCUT2D eigenvalue weighted by atomic mass is 9.93. The van der Waals surface area contributed by atoms with Gasteiger partial charge in [-0.1, -0.05) is 42.5 Å². The van der Waals surface area contributed by atoms with Gasteiger partial charge in [0.15, 0.2) is 5.13 Å². The number of esters is 1. The molecule has 4 aromatic rings. The van der Waals surface area contributed by atoms with Crippen LogP contribution in [0.5, 0.6) is 0 Å². The summed E-state index contributed by atoms with van der Waals surface area (Å²) in [6.07, 6.45) is 0.557. The van der Waals surface area contributed by atoms with Gasteiger partial charge in [0, 0.05) is 35.4 Å². The summed E-state index contributed by atoms with van der Waals surface area (Å²) in [5.41, 5.74) is 4.12. The highest BCUT2D eigenvalue weighted by molar-refractivity contribution is 7.15. The van der Waals surface area contributed by atoms with Crippen molar-refractivity contribution in [3.8, 4) is 0 Å². The predicted molar refractivity (Wildman–Crippen MR) is 135 cm³/mol. The fourth-order valence-corrected chi connectivity index (χ4v) is 5.16. The molecule has 0 saturated heterocycles. The summed E-state index contributed by atoms with van der Waals surface area (Å²) in [7, 11) is 0. The summed E-state index contributed by atoms with van der Waals surface area (Å²) < 4.78 is 5.59. The van der Waals surface area contributed by atoms with Gasteiger partial charge in [-0.3, -0.25) is 20.2 Å². The van der Waals surface area contributed by atoms with E-state index in [2.05, 4.69) is 10.3 Å². The van der Waals surface area contributed by atoms with E-state index in [1.807, 2.05) is 43.3 Å². The van der Waals surface area contributed by atoms with Crippen molar-refractivity contribution in [2.24, 2.45) is 0 Å². The topological polar surface area (TPSA) is 111 Å². The Morgan fingerprint density at radius 1 is 1.14 bits per heavy atom. The van der Waals surface area contributed by atoms with Gasteiger partial charge in [0.2, 0.25) is 0 Å². The van der Waals surface area contributed by atoms with E-state index >= 15 is 0 Å². The molecule has 0 bridgehead atoms. The number of benzene rings is 3. The zero-order valence-corrected chi connectivity index (χ0v) is 20.1. The molecule has 0 spiro atoms. The third-order valence-corrected chi connectivity index (χ3v) is 7.09. The number of nitrogens with zero attached hydrogens (tertiary/aromatic N) is 2. The van der Waals surface area contributed by atoms with Gasteiger partial charge >= 0.3 is 5.97 Å². The first kappa shape index (κ1) is 23.4. The van der Waals surface area contributed by atoms with Crippen LogP contribution in [0.25, 0.3) is 0 Å². The first-order valence-corrected chi connectivity index (χ1v) is 12.1. The standard InChI is InChI=1S/C27H21N3O5S/c1-16-24(13-17-6-5-9-21(12-17)30(33)34)36-27(28-16)29-25(31)19-10-11-22-20(14-19)15-23(35-26(22)32)18-7-3-2-4-8-18/h2-12,14,23H,13,15H2,1H3,(H,28,29,31). The van der Waals surface area contributed by atoms with Crippen LogP contribution in [0.2, 0.25) is 0 Å². The van der Waals surface area contributed by atoms with E-state index < -0.39 is 17.0 Å². The number of non-ortho nitro benzene ring substituents is 1. The molecule has 8 nitrogen and oxygen atoms in total. The molecule has 1 aliphatic rings. The average Bonchev–Trinajstić information content (AvgIpc) is 3.22. The minimum atomic E-state index is -0.422. The third-order valence-electron chi connectivity index (χ3n) is 6.01. The second-order valence-electron chi connectivity index (χ2n) is 8.47. The van der Waals surface area contributed by atoms with Crippen molar-refractivity contribution in [1.29, 1.82) is 0 Å². The molecular formula is C27H21N3O5S. The number of anilines is 1. The molecule has 1 atom stereocenters. The van der Waals surface area contributed by atoms with E-state index in [0.29, 0.717) is 29.1 Å². The lowest BCUT2D eigenvalue weighted by Gasteiger charge is -2.25. The largest absolute Gasteiger partial charge is 0.454 e. The van der Waals surface area contributed by atoms with E-state index in [-0.39, 0.29) is 11.6 Å². The maximum absolute atomic E-state index is 13.0. The van der Waals surface area contributed by atoms with Crippen molar-refractivity contribution >= 4 is 34.0 Å². The van der Waals surface area contributed by atoms with Crippen LogP contribution in [0.1, 0.15) is 54.1 Å². The number of thiazole rings is 1. The molecular weight excluding hydrogens is 478 g/mol. The Kier molecular flexibility index (Phi) is 6.30. The summed E-state index contributed by atoms with van der Waals surface area (Å²) in [6, 6.07) is 20.9. The quantitative estimate of drug-likeness (QED) is 0.208. The molecule has 1 unspecified atom stereocenters. The third kappa shape index (κ3) is 4.87. The van der Waals surface area contributed by atoms with Crippen LogP contribution in [-0.4, -0.2) is 21.8 Å². The van der Waals surface area contributed by atoms with Crippen LogP contribution < -0.4 is 5.32 Å². The molecule has 5 rings (SSSR count). The van der Waals surface area contributed by atoms with Crippen molar-refractivity contribution in [2.75, 3.05) is 5.32 Å². The molecule has 3 aromatic carbocycles. The lowest BCUT2D eigenvalue weighted by Crippen LogP contribution is -2.23. The van der Waals surface area contributed by atoms with Crippen LogP contribution in [0.3, 0.4) is 0 Å². The maximum Gasteiger partial charge on any atom is 0.339 e. The number of aryl methyl sites for hydroxylation is 1. The van der Waals surface area contributed by atoms with Crippen LogP contribution in [0.15, 0.2) is 72.8 Å². The minimum absolute atomic E-state index is 0.0361. The molecule has 1 aliphatic heterocycles. The Balaban J connectivity index is 1.32. The molecule has 180 valence electrons. The molecule has 36 heavy (non-hydrogen) atoms. The zero-order valence-electron chi connectivity index (χ0n) is 19.3. The molecule has 0 fully saturated rings. The van der Waals surface area contributed by atoms with Crippen LogP contribution in [0.4, 0.5) is 10.8 Å². The Labute approximate surface area is 210 Å². The van der Waals surface area contributed by atoms with Gasteiger partial charge < -0.3 is 4.74 Å². The van der Waals surface area contributed by atoms with E-state index in [4.69, 9.17) is 4.74 Å². The number of rotatable bonds is 6. The van der Waals surface area contributed by atoms with Gasteiger partial charge in [-0.15, -0.1) is 11.3 Å². The molecule has 9 heteroatoms. The number of aromatic nitrogens is 1. The van der Waals surface area contributed by atoms with Gasteiger partial charge in [-0.2, -0.15) is 0 Å². The van der Waals surface area contributed by atoms with Gasteiger partial charge in [-0.05, 0) is 41.8 Å². The average molecular weight is 500 g/mol. The smallest absolute Gasteiger partial charge is 0.339 e. The number of fused-ring (bicyclic) bond motifs is 1. The Hall–Kier alpha value is -4.37. The molecule has 1 aromatic heterocycles. The molecule has 1 N–H and O–H groups in total.